The van der Waals surface area contributed by atoms with Crippen molar-refractivity contribution in [1.29, 1.82) is 0 Å². The molecule has 0 atom stereocenters. The number of amides is 3. The second-order valence-corrected chi connectivity index (χ2v) is 8.61. The summed E-state index contributed by atoms with van der Waals surface area (Å²) in [5.74, 6) is 0.0686. The first-order valence-corrected chi connectivity index (χ1v) is 11.5. The lowest BCUT2D eigenvalue weighted by atomic mass is 9.99. The first-order valence-electron chi connectivity index (χ1n) is 11.5. The molecule has 180 valence electrons. The lowest BCUT2D eigenvalue weighted by Gasteiger charge is -2.13. The molecule has 11 heteroatoms. The van der Waals surface area contributed by atoms with Gasteiger partial charge in [0.15, 0.2) is 5.65 Å². The zero-order chi connectivity index (χ0) is 24.6. The molecule has 10 nitrogen and oxygen atoms in total. The minimum Gasteiger partial charge on any atom is -0.351 e. The molecule has 0 spiro atoms. The predicted molar refractivity (Wildman–Crippen MR) is 131 cm³/mol. The molecule has 4 aromatic rings. The van der Waals surface area contributed by atoms with Crippen molar-refractivity contribution in [2.75, 3.05) is 10.6 Å². The highest BCUT2D eigenvalue weighted by molar-refractivity contribution is 6.14. The van der Waals surface area contributed by atoms with Crippen LogP contribution in [0.3, 0.4) is 0 Å². The number of hydrogen-bond acceptors (Lipinski definition) is 7. The van der Waals surface area contributed by atoms with Gasteiger partial charge in [-0.1, -0.05) is 36.4 Å². The van der Waals surface area contributed by atoms with Crippen molar-refractivity contribution in [2.45, 2.75) is 25.4 Å². The van der Waals surface area contributed by atoms with Gasteiger partial charge in [-0.05, 0) is 47.7 Å². The van der Waals surface area contributed by atoms with Crippen LogP contribution in [0.15, 0.2) is 60.4 Å². The maximum absolute atomic E-state index is 13.8. The maximum atomic E-state index is 13.8. The fourth-order valence-electron chi connectivity index (χ4n) is 4.00. The highest BCUT2D eigenvalue weighted by atomic mass is 19.1. The number of nitrogens with zero attached hydrogens (tertiary/aromatic N) is 4. The second-order valence-electron chi connectivity index (χ2n) is 8.61. The summed E-state index contributed by atoms with van der Waals surface area (Å²) in [5.41, 5.74) is 3.76. The first kappa shape index (κ1) is 21.7. The summed E-state index contributed by atoms with van der Waals surface area (Å²) in [4.78, 5) is 32.7. The number of carbonyl (C=O) groups is 2. The highest BCUT2D eigenvalue weighted by Gasteiger charge is 2.26. The van der Waals surface area contributed by atoms with Crippen LogP contribution in [0.1, 0.15) is 24.0 Å². The smallest absolute Gasteiger partial charge is 0.326 e. The monoisotopic (exact) mass is 484 g/mol. The van der Waals surface area contributed by atoms with Crippen molar-refractivity contribution >= 4 is 35.6 Å². The van der Waals surface area contributed by atoms with Gasteiger partial charge in [-0.15, -0.1) is 0 Å². The minimum absolute atomic E-state index is 0.115. The number of anilines is 2. The number of aromatic nitrogens is 4. The second kappa shape index (κ2) is 8.77. The van der Waals surface area contributed by atoms with E-state index in [1.165, 1.54) is 18.2 Å². The van der Waals surface area contributed by atoms with Crippen LogP contribution in [0.2, 0.25) is 0 Å². The Labute approximate surface area is 204 Å². The van der Waals surface area contributed by atoms with Crippen LogP contribution in [-0.4, -0.2) is 37.6 Å². The third kappa shape index (κ3) is 4.33. The molecule has 0 bridgehead atoms. The van der Waals surface area contributed by atoms with Crippen molar-refractivity contribution in [2.24, 2.45) is 0 Å². The number of urea groups is 1. The van der Waals surface area contributed by atoms with E-state index in [1.54, 1.807) is 16.8 Å². The molecule has 36 heavy (non-hydrogen) atoms. The summed E-state index contributed by atoms with van der Waals surface area (Å²) < 4.78 is 15.4. The predicted octanol–water partition coefficient (Wildman–Crippen LogP) is 3.30. The fraction of sp³-hybridized carbons (Fsp3) is 0.160. The van der Waals surface area contributed by atoms with Crippen LogP contribution in [-0.2, 0) is 11.3 Å². The summed E-state index contributed by atoms with van der Waals surface area (Å²) in [5, 5.41) is 15.7. The third-order valence-corrected chi connectivity index (χ3v) is 5.92. The van der Waals surface area contributed by atoms with Crippen LogP contribution >= 0.6 is 0 Å². The number of nitrogens with one attached hydrogen (secondary N) is 4. The average molecular weight is 484 g/mol. The molecule has 1 saturated carbocycles. The van der Waals surface area contributed by atoms with E-state index in [4.69, 9.17) is 0 Å². The van der Waals surface area contributed by atoms with E-state index in [1.807, 2.05) is 30.3 Å². The number of fused-ring (bicyclic) bond motifs is 1. The number of hydrogen-bond donors (Lipinski definition) is 4. The summed E-state index contributed by atoms with van der Waals surface area (Å²) in [7, 11) is 0. The van der Waals surface area contributed by atoms with Crippen LogP contribution < -0.4 is 21.3 Å². The van der Waals surface area contributed by atoms with Gasteiger partial charge in [0.25, 0.3) is 5.91 Å². The molecule has 0 radical (unpaired) electrons. The lowest BCUT2D eigenvalue weighted by molar-refractivity contribution is -0.115. The molecule has 1 saturated heterocycles. The molecule has 6 rings (SSSR count). The third-order valence-electron chi connectivity index (χ3n) is 5.92. The summed E-state index contributed by atoms with van der Waals surface area (Å²) >= 11 is 0. The normalized spacial score (nSPS) is 16.3. The van der Waals surface area contributed by atoms with Gasteiger partial charge in [-0.25, -0.2) is 9.18 Å². The Morgan fingerprint density at radius 3 is 2.72 bits per heavy atom. The molecule has 4 N–H and O–H groups in total. The number of benzene rings is 2. The van der Waals surface area contributed by atoms with Gasteiger partial charge in [-0.2, -0.15) is 19.6 Å². The van der Waals surface area contributed by atoms with Crippen LogP contribution in [0.25, 0.3) is 22.9 Å². The van der Waals surface area contributed by atoms with Crippen molar-refractivity contribution in [3.63, 3.8) is 0 Å². The number of imide groups is 1. The molecule has 1 aliphatic heterocycles. The van der Waals surface area contributed by atoms with Crippen LogP contribution in [0, 0.1) is 5.82 Å². The zero-order valence-corrected chi connectivity index (χ0v) is 19.0. The van der Waals surface area contributed by atoms with Crippen molar-refractivity contribution in [3.05, 3.63) is 77.4 Å². The van der Waals surface area contributed by atoms with Gasteiger partial charge in [-0.3, -0.25) is 10.1 Å². The maximum Gasteiger partial charge on any atom is 0.326 e. The Morgan fingerprint density at radius 1 is 1.08 bits per heavy atom. The van der Waals surface area contributed by atoms with Crippen LogP contribution in [0.5, 0.6) is 0 Å². The largest absolute Gasteiger partial charge is 0.351 e. The first-order chi connectivity index (χ1) is 17.5. The van der Waals surface area contributed by atoms with E-state index in [2.05, 4.69) is 36.3 Å². The molecule has 3 heterocycles. The van der Waals surface area contributed by atoms with Gasteiger partial charge in [0.2, 0.25) is 11.9 Å². The molecule has 2 aromatic heterocycles. The molecule has 3 amide bonds. The van der Waals surface area contributed by atoms with Gasteiger partial charge in [0.1, 0.15) is 11.5 Å². The van der Waals surface area contributed by atoms with Gasteiger partial charge in [0, 0.05) is 18.2 Å². The summed E-state index contributed by atoms with van der Waals surface area (Å²) in [6, 6.07) is 14.0. The molecule has 1 aliphatic carbocycles. The standard InChI is InChI=1S/C25H21FN8O2/c26-17-6-3-5-14(10-17)19-7-2-1-4-15(19)12-27-23-31-21-16(11-20-22(35)32-25(36)30-20)13-28-34(21)24(33-23)29-18-8-9-18/h1-7,10-11,13,18H,8-9,12H2,(H2,27,29,31,33)(H2,30,32,35,36)/b20-11-. The SMILES string of the molecule is O=C1NC(=O)/C(=C/c2cnn3c(NC4CC4)nc(NCc4ccccc4-c4cccc(F)c4)nc23)N1. The topological polar surface area (TPSA) is 125 Å². The Morgan fingerprint density at radius 2 is 1.94 bits per heavy atom. The molecule has 2 fully saturated rings. The molecule has 2 aliphatic rings. The van der Waals surface area contributed by atoms with Crippen molar-refractivity contribution in [3.8, 4) is 11.1 Å². The van der Waals surface area contributed by atoms with Gasteiger partial charge < -0.3 is 16.0 Å². The van der Waals surface area contributed by atoms with Crippen LogP contribution in [0.4, 0.5) is 21.1 Å². The van der Waals surface area contributed by atoms with Gasteiger partial charge >= 0.3 is 6.03 Å². The quantitative estimate of drug-likeness (QED) is 0.234. The Balaban J connectivity index is 1.34. The highest BCUT2D eigenvalue weighted by Crippen LogP contribution is 2.27. The summed E-state index contributed by atoms with van der Waals surface area (Å²) in [6.45, 7) is 0.398. The average Bonchev–Trinajstić information content (AvgIpc) is 3.51. The van der Waals surface area contributed by atoms with E-state index in [9.17, 15) is 14.0 Å². The lowest BCUT2D eigenvalue weighted by Crippen LogP contribution is -2.22. The summed E-state index contributed by atoms with van der Waals surface area (Å²) in [6.07, 6.45) is 5.18. The number of halogens is 1. The Kier molecular flexibility index (Phi) is 5.29. The Hall–Kier alpha value is -4.80. The van der Waals surface area contributed by atoms with E-state index < -0.39 is 11.9 Å². The zero-order valence-electron chi connectivity index (χ0n) is 19.0. The minimum atomic E-state index is -0.576. The van der Waals surface area contributed by atoms with E-state index >= 15 is 0 Å². The molecule has 0 unspecified atom stereocenters. The van der Waals surface area contributed by atoms with Crippen molar-refractivity contribution in [1.82, 2.24) is 30.2 Å². The fourth-order valence-corrected chi connectivity index (χ4v) is 4.00. The number of rotatable bonds is 7. The molecular weight excluding hydrogens is 463 g/mol. The number of carbonyl (C=O) groups excluding carboxylic acids is 2. The van der Waals surface area contributed by atoms with Gasteiger partial charge in [0.05, 0.1) is 6.20 Å². The van der Waals surface area contributed by atoms with E-state index in [0.29, 0.717) is 35.7 Å². The molecular formula is C25H21FN8O2. The molecule has 2 aromatic carbocycles. The van der Waals surface area contributed by atoms with E-state index in [-0.39, 0.29) is 11.5 Å². The van der Waals surface area contributed by atoms with Crippen molar-refractivity contribution < 1.29 is 14.0 Å². The Bertz CT molecular complexity index is 1540. The van der Waals surface area contributed by atoms with E-state index in [0.717, 1.165) is 29.5 Å².